The standard InChI is InChI=1S/C14H30N2/c1-3-4-5-6-9-14(2)16-12-7-10-15-11-8-13-16/h14-15H,3-13H2,1-2H3. The molecule has 0 saturated carbocycles. The van der Waals surface area contributed by atoms with Crippen LogP contribution in [-0.2, 0) is 0 Å². The summed E-state index contributed by atoms with van der Waals surface area (Å²) < 4.78 is 0. The molecule has 16 heavy (non-hydrogen) atoms. The average molecular weight is 226 g/mol. The molecule has 1 heterocycles. The van der Waals surface area contributed by atoms with Crippen molar-refractivity contribution in [1.82, 2.24) is 10.2 Å². The summed E-state index contributed by atoms with van der Waals surface area (Å²) in [7, 11) is 0. The average Bonchev–Trinajstić information content (AvgIpc) is 2.23. The summed E-state index contributed by atoms with van der Waals surface area (Å²) in [4.78, 5) is 2.70. The van der Waals surface area contributed by atoms with Crippen LogP contribution in [0.2, 0.25) is 0 Å². The number of hydrogen-bond acceptors (Lipinski definition) is 2. The van der Waals surface area contributed by atoms with E-state index in [2.05, 4.69) is 24.1 Å². The smallest absolute Gasteiger partial charge is 0.00669 e. The van der Waals surface area contributed by atoms with Gasteiger partial charge in [0.25, 0.3) is 0 Å². The predicted octanol–water partition coefficient (Wildman–Crippen LogP) is 3.03. The highest BCUT2D eigenvalue weighted by Gasteiger charge is 2.13. The number of nitrogens with one attached hydrogen (secondary N) is 1. The van der Waals surface area contributed by atoms with Crippen molar-refractivity contribution in [2.75, 3.05) is 26.2 Å². The van der Waals surface area contributed by atoms with Crippen LogP contribution in [0.3, 0.4) is 0 Å². The summed E-state index contributed by atoms with van der Waals surface area (Å²) in [5.41, 5.74) is 0. The molecule has 0 spiro atoms. The third-order valence-electron chi connectivity index (χ3n) is 3.70. The van der Waals surface area contributed by atoms with Crippen molar-refractivity contribution in [3.8, 4) is 0 Å². The minimum Gasteiger partial charge on any atom is -0.317 e. The van der Waals surface area contributed by atoms with Crippen molar-refractivity contribution in [1.29, 1.82) is 0 Å². The minimum atomic E-state index is 0.801. The molecule has 1 aliphatic rings. The van der Waals surface area contributed by atoms with Crippen molar-refractivity contribution in [2.45, 2.75) is 64.8 Å². The van der Waals surface area contributed by atoms with E-state index in [4.69, 9.17) is 0 Å². The van der Waals surface area contributed by atoms with Crippen LogP contribution in [-0.4, -0.2) is 37.1 Å². The van der Waals surface area contributed by atoms with Gasteiger partial charge in [-0.15, -0.1) is 0 Å². The molecule has 1 aliphatic heterocycles. The first-order chi connectivity index (χ1) is 7.84. The molecule has 1 saturated heterocycles. The third-order valence-corrected chi connectivity index (χ3v) is 3.70. The van der Waals surface area contributed by atoms with Crippen LogP contribution < -0.4 is 5.32 Å². The summed E-state index contributed by atoms with van der Waals surface area (Å²) in [5, 5.41) is 3.48. The molecule has 2 nitrogen and oxygen atoms in total. The van der Waals surface area contributed by atoms with Crippen molar-refractivity contribution in [2.24, 2.45) is 0 Å². The second-order valence-electron chi connectivity index (χ2n) is 5.19. The Bertz CT molecular complexity index is 151. The lowest BCUT2D eigenvalue weighted by Crippen LogP contribution is -2.39. The zero-order valence-electron chi connectivity index (χ0n) is 11.3. The van der Waals surface area contributed by atoms with Gasteiger partial charge in [-0.05, 0) is 52.4 Å². The minimum absolute atomic E-state index is 0.801. The SMILES string of the molecule is CCCCCCC(C)N1CCCNCCC1. The lowest BCUT2D eigenvalue weighted by atomic mass is 10.1. The topological polar surface area (TPSA) is 15.3 Å². The van der Waals surface area contributed by atoms with Gasteiger partial charge in [-0.1, -0.05) is 32.6 Å². The van der Waals surface area contributed by atoms with Gasteiger partial charge in [0.05, 0.1) is 0 Å². The number of hydrogen-bond donors (Lipinski definition) is 1. The molecule has 0 radical (unpaired) electrons. The van der Waals surface area contributed by atoms with Crippen LogP contribution in [0, 0.1) is 0 Å². The van der Waals surface area contributed by atoms with Crippen LogP contribution in [0.25, 0.3) is 0 Å². The maximum Gasteiger partial charge on any atom is 0.00669 e. The molecule has 2 heteroatoms. The highest BCUT2D eigenvalue weighted by Crippen LogP contribution is 2.12. The van der Waals surface area contributed by atoms with Crippen LogP contribution >= 0.6 is 0 Å². The van der Waals surface area contributed by atoms with E-state index >= 15 is 0 Å². The normalized spacial score (nSPS) is 21.4. The van der Waals surface area contributed by atoms with Gasteiger partial charge in [0, 0.05) is 6.04 Å². The molecule has 1 fully saturated rings. The highest BCUT2D eigenvalue weighted by molar-refractivity contribution is 4.70. The highest BCUT2D eigenvalue weighted by atomic mass is 15.2. The quantitative estimate of drug-likeness (QED) is 0.700. The van der Waals surface area contributed by atoms with E-state index in [0.29, 0.717) is 0 Å². The molecule has 0 aliphatic carbocycles. The summed E-state index contributed by atoms with van der Waals surface area (Å²) in [5.74, 6) is 0. The summed E-state index contributed by atoms with van der Waals surface area (Å²) in [6.45, 7) is 9.71. The fraction of sp³-hybridized carbons (Fsp3) is 1.00. The van der Waals surface area contributed by atoms with Gasteiger partial charge in [-0.2, -0.15) is 0 Å². The first-order valence-electron chi connectivity index (χ1n) is 7.29. The van der Waals surface area contributed by atoms with Crippen molar-refractivity contribution >= 4 is 0 Å². The number of rotatable bonds is 6. The van der Waals surface area contributed by atoms with Gasteiger partial charge >= 0.3 is 0 Å². The van der Waals surface area contributed by atoms with Gasteiger partial charge in [0.2, 0.25) is 0 Å². The zero-order valence-corrected chi connectivity index (χ0v) is 11.3. The predicted molar refractivity (Wildman–Crippen MR) is 71.9 cm³/mol. The molecule has 0 aromatic carbocycles. The Morgan fingerprint density at radius 1 is 1.06 bits per heavy atom. The second kappa shape index (κ2) is 9.00. The Kier molecular flexibility index (Phi) is 7.87. The van der Waals surface area contributed by atoms with E-state index in [1.807, 2.05) is 0 Å². The van der Waals surface area contributed by atoms with E-state index < -0.39 is 0 Å². The van der Waals surface area contributed by atoms with Crippen molar-refractivity contribution in [3.05, 3.63) is 0 Å². The monoisotopic (exact) mass is 226 g/mol. The fourth-order valence-electron chi connectivity index (χ4n) is 2.54. The van der Waals surface area contributed by atoms with E-state index in [1.54, 1.807) is 0 Å². The molecule has 96 valence electrons. The Hall–Kier alpha value is -0.0800. The molecule has 1 rings (SSSR count). The van der Waals surface area contributed by atoms with E-state index in [1.165, 1.54) is 71.1 Å². The fourth-order valence-corrected chi connectivity index (χ4v) is 2.54. The molecule has 1 N–H and O–H groups in total. The molecule has 0 aromatic rings. The lowest BCUT2D eigenvalue weighted by molar-refractivity contribution is 0.183. The zero-order chi connectivity index (χ0) is 11.6. The van der Waals surface area contributed by atoms with E-state index in [0.717, 1.165) is 6.04 Å². The van der Waals surface area contributed by atoms with E-state index in [-0.39, 0.29) is 0 Å². The molecule has 0 bridgehead atoms. The summed E-state index contributed by atoms with van der Waals surface area (Å²) in [6.07, 6.45) is 9.65. The number of nitrogens with zero attached hydrogens (tertiary/aromatic N) is 1. The van der Waals surface area contributed by atoms with Crippen LogP contribution in [0.1, 0.15) is 58.8 Å². The third kappa shape index (κ3) is 5.86. The van der Waals surface area contributed by atoms with Crippen molar-refractivity contribution < 1.29 is 0 Å². The molecule has 0 aromatic heterocycles. The first kappa shape index (κ1) is 14.0. The molecular formula is C14H30N2. The van der Waals surface area contributed by atoms with Crippen LogP contribution in [0.4, 0.5) is 0 Å². The molecular weight excluding hydrogens is 196 g/mol. The molecule has 1 unspecified atom stereocenters. The van der Waals surface area contributed by atoms with Crippen molar-refractivity contribution in [3.63, 3.8) is 0 Å². The van der Waals surface area contributed by atoms with E-state index in [9.17, 15) is 0 Å². The Morgan fingerprint density at radius 3 is 2.38 bits per heavy atom. The largest absolute Gasteiger partial charge is 0.317 e. The Morgan fingerprint density at radius 2 is 1.75 bits per heavy atom. The Balaban J connectivity index is 2.14. The maximum absolute atomic E-state index is 3.48. The van der Waals surface area contributed by atoms with Gasteiger partial charge in [0.15, 0.2) is 0 Å². The molecule has 1 atom stereocenters. The number of unbranched alkanes of at least 4 members (excludes halogenated alkanes) is 3. The van der Waals surface area contributed by atoms with Crippen LogP contribution in [0.5, 0.6) is 0 Å². The summed E-state index contributed by atoms with van der Waals surface area (Å²) >= 11 is 0. The Labute approximate surface area is 102 Å². The van der Waals surface area contributed by atoms with Gasteiger partial charge in [0.1, 0.15) is 0 Å². The van der Waals surface area contributed by atoms with Gasteiger partial charge < -0.3 is 10.2 Å². The lowest BCUT2D eigenvalue weighted by Gasteiger charge is -2.31. The second-order valence-corrected chi connectivity index (χ2v) is 5.19. The van der Waals surface area contributed by atoms with Gasteiger partial charge in [-0.25, -0.2) is 0 Å². The molecule has 0 amide bonds. The maximum atomic E-state index is 3.48. The summed E-state index contributed by atoms with van der Waals surface area (Å²) in [6, 6.07) is 0.801. The van der Waals surface area contributed by atoms with Gasteiger partial charge in [-0.3, -0.25) is 0 Å². The van der Waals surface area contributed by atoms with Crippen LogP contribution in [0.15, 0.2) is 0 Å². The first-order valence-corrected chi connectivity index (χ1v) is 7.29.